The number of ether oxygens (including phenoxy) is 1. The third-order valence-corrected chi connectivity index (χ3v) is 6.90. The summed E-state index contributed by atoms with van der Waals surface area (Å²) in [5.41, 5.74) is 0. The first-order valence-electron chi connectivity index (χ1n) is 8.87. The smallest absolute Gasteiger partial charge is 0.384 e. The molecule has 0 bridgehead atoms. The molecule has 0 aliphatic heterocycles. The van der Waals surface area contributed by atoms with Crippen molar-refractivity contribution < 1.29 is 22.4 Å². The van der Waals surface area contributed by atoms with E-state index in [4.69, 9.17) is 22.4 Å². The zero-order valence-electron chi connectivity index (χ0n) is 15.9. The Morgan fingerprint density at radius 3 is 1.39 bits per heavy atom. The lowest BCUT2D eigenvalue weighted by molar-refractivity contribution is 0.122. The van der Waals surface area contributed by atoms with Crippen LogP contribution in [-0.4, -0.2) is 57.2 Å². The predicted molar refractivity (Wildman–Crippen MR) is 96.9 cm³/mol. The van der Waals surface area contributed by atoms with Gasteiger partial charge in [-0.1, -0.05) is 0 Å². The van der Waals surface area contributed by atoms with Gasteiger partial charge >= 0.3 is 18.6 Å². The van der Waals surface area contributed by atoms with E-state index >= 15 is 0 Å². The van der Waals surface area contributed by atoms with Crippen molar-refractivity contribution in [2.45, 2.75) is 78.7 Å². The van der Waals surface area contributed by atoms with Crippen LogP contribution in [-0.2, 0) is 22.4 Å². The van der Waals surface area contributed by atoms with Crippen molar-refractivity contribution in [1.82, 2.24) is 0 Å². The van der Waals surface area contributed by atoms with Crippen LogP contribution >= 0.6 is 0 Å². The van der Waals surface area contributed by atoms with Crippen LogP contribution in [0.3, 0.4) is 0 Å². The molecule has 0 fully saturated rings. The van der Waals surface area contributed by atoms with Crippen LogP contribution < -0.4 is 0 Å². The Morgan fingerprint density at radius 2 is 1.09 bits per heavy atom. The molecule has 0 aliphatic rings. The average Bonchev–Trinajstić information content (AvgIpc) is 2.45. The molecule has 0 aliphatic carbocycles. The Labute approximate surface area is 146 Å². The highest BCUT2D eigenvalue weighted by Gasteiger charge is 2.17. The van der Waals surface area contributed by atoms with Crippen molar-refractivity contribution in [2.75, 3.05) is 26.4 Å². The highest BCUT2D eigenvalue weighted by Crippen LogP contribution is 2.07. The Balaban J connectivity index is 3.66. The molecule has 138 valence electrons. The molecule has 0 heterocycles. The molecule has 0 rings (SSSR count). The Morgan fingerprint density at radius 1 is 0.696 bits per heavy atom. The SMILES string of the molecule is CCO[Si](CCCOCCC[Si](OCC)OC(C)C)OC(C)C. The van der Waals surface area contributed by atoms with E-state index in [1.807, 2.05) is 13.8 Å². The zero-order chi connectivity index (χ0) is 17.5. The summed E-state index contributed by atoms with van der Waals surface area (Å²) < 4.78 is 28.7. The zero-order valence-corrected chi connectivity index (χ0v) is 17.9. The fraction of sp³-hybridized carbons (Fsp3) is 1.00. The average molecular weight is 365 g/mol. The third-order valence-electron chi connectivity index (χ3n) is 2.68. The van der Waals surface area contributed by atoms with E-state index in [9.17, 15) is 0 Å². The maximum atomic E-state index is 5.81. The summed E-state index contributed by atoms with van der Waals surface area (Å²) in [4.78, 5) is 0. The molecule has 0 spiro atoms. The lowest BCUT2D eigenvalue weighted by Crippen LogP contribution is -2.27. The molecule has 0 saturated heterocycles. The van der Waals surface area contributed by atoms with Gasteiger partial charge < -0.3 is 22.4 Å². The van der Waals surface area contributed by atoms with Crippen molar-refractivity contribution in [1.29, 1.82) is 0 Å². The van der Waals surface area contributed by atoms with E-state index in [-0.39, 0.29) is 12.2 Å². The molecule has 2 radical (unpaired) electrons. The molecule has 0 unspecified atom stereocenters. The first kappa shape index (κ1) is 23.2. The van der Waals surface area contributed by atoms with Crippen molar-refractivity contribution in [3.05, 3.63) is 0 Å². The Hall–Kier alpha value is 0.234. The summed E-state index contributed by atoms with van der Waals surface area (Å²) >= 11 is 0. The molecular formula is C16H36O5Si2. The normalized spacial score (nSPS) is 12.3. The predicted octanol–water partition coefficient (Wildman–Crippen LogP) is 3.68. The van der Waals surface area contributed by atoms with Gasteiger partial charge in [0.15, 0.2) is 0 Å². The molecule has 7 heteroatoms. The minimum atomic E-state index is -1.14. The highest BCUT2D eigenvalue weighted by atomic mass is 28.3. The van der Waals surface area contributed by atoms with Gasteiger partial charge in [0.25, 0.3) is 0 Å². The van der Waals surface area contributed by atoms with Gasteiger partial charge in [0.2, 0.25) is 0 Å². The molecule has 5 nitrogen and oxygen atoms in total. The van der Waals surface area contributed by atoms with Crippen molar-refractivity contribution >= 4 is 18.6 Å². The molecule has 0 N–H and O–H groups in total. The van der Waals surface area contributed by atoms with E-state index in [2.05, 4.69) is 27.7 Å². The second-order valence-electron chi connectivity index (χ2n) is 5.76. The summed E-state index contributed by atoms with van der Waals surface area (Å²) in [5.74, 6) is 0. The standard InChI is InChI=1S/C16H36O5Si2/c1-7-18-22(20-15(3)4)13-9-11-17-12-10-14-23(19-8-2)21-16(5)6/h15-16H,7-14H2,1-6H3. The molecule has 0 aromatic heterocycles. The van der Waals surface area contributed by atoms with Crippen LogP contribution in [0.5, 0.6) is 0 Å². The van der Waals surface area contributed by atoms with Crippen LogP contribution in [0.1, 0.15) is 54.4 Å². The lowest BCUT2D eigenvalue weighted by Gasteiger charge is -2.17. The molecule has 0 saturated carbocycles. The maximum absolute atomic E-state index is 5.81. The Kier molecular flexibility index (Phi) is 15.9. The summed E-state index contributed by atoms with van der Waals surface area (Å²) in [6.07, 6.45) is 2.45. The van der Waals surface area contributed by atoms with E-state index in [0.29, 0.717) is 0 Å². The Bertz CT molecular complexity index is 231. The maximum Gasteiger partial charge on any atom is 0.384 e. The number of hydrogen-bond donors (Lipinski definition) is 0. The fourth-order valence-electron chi connectivity index (χ4n) is 1.92. The van der Waals surface area contributed by atoms with Gasteiger partial charge in [-0.25, -0.2) is 0 Å². The first-order chi connectivity index (χ1) is 11.0. The summed E-state index contributed by atoms with van der Waals surface area (Å²) in [5, 5.41) is 0. The van der Waals surface area contributed by atoms with E-state index in [1.54, 1.807) is 0 Å². The second kappa shape index (κ2) is 15.7. The van der Waals surface area contributed by atoms with Gasteiger partial charge in [0.05, 0.1) is 0 Å². The van der Waals surface area contributed by atoms with Crippen LogP contribution in [0.25, 0.3) is 0 Å². The van der Waals surface area contributed by atoms with Crippen LogP contribution in [0.2, 0.25) is 12.1 Å². The summed E-state index contributed by atoms with van der Waals surface area (Å²) in [7, 11) is -2.27. The lowest BCUT2D eigenvalue weighted by atomic mass is 10.5. The quantitative estimate of drug-likeness (QED) is 0.309. The minimum absolute atomic E-state index is 0.233. The topological polar surface area (TPSA) is 46.2 Å². The first-order valence-corrected chi connectivity index (χ1v) is 11.9. The van der Waals surface area contributed by atoms with Crippen LogP contribution in [0.4, 0.5) is 0 Å². The number of rotatable bonds is 16. The fourth-order valence-corrected chi connectivity index (χ4v) is 5.14. The van der Waals surface area contributed by atoms with Crippen LogP contribution in [0.15, 0.2) is 0 Å². The van der Waals surface area contributed by atoms with Gasteiger partial charge in [-0.15, -0.1) is 0 Å². The van der Waals surface area contributed by atoms with Gasteiger partial charge in [-0.3, -0.25) is 0 Å². The number of hydrogen-bond acceptors (Lipinski definition) is 5. The molecular weight excluding hydrogens is 328 g/mol. The molecule has 0 amide bonds. The highest BCUT2D eigenvalue weighted by molar-refractivity contribution is 6.44. The monoisotopic (exact) mass is 364 g/mol. The van der Waals surface area contributed by atoms with E-state index in [1.165, 1.54) is 0 Å². The third kappa shape index (κ3) is 15.5. The summed E-state index contributed by atoms with van der Waals surface area (Å²) in [6.45, 7) is 15.2. The minimum Gasteiger partial charge on any atom is -0.394 e. The van der Waals surface area contributed by atoms with Gasteiger partial charge in [0.1, 0.15) is 0 Å². The molecule has 0 aromatic carbocycles. The van der Waals surface area contributed by atoms with Crippen LogP contribution in [0, 0.1) is 0 Å². The van der Waals surface area contributed by atoms with Gasteiger partial charge in [-0.05, 0) is 66.5 Å². The van der Waals surface area contributed by atoms with E-state index < -0.39 is 18.6 Å². The summed E-state index contributed by atoms with van der Waals surface area (Å²) in [6, 6.07) is 1.95. The van der Waals surface area contributed by atoms with Crippen molar-refractivity contribution in [2.24, 2.45) is 0 Å². The van der Waals surface area contributed by atoms with Crippen molar-refractivity contribution in [3.63, 3.8) is 0 Å². The largest absolute Gasteiger partial charge is 0.394 e. The van der Waals surface area contributed by atoms with E-state index in [0.717, 1.165) is 51.4 Å². The molecule has 0 atom stereocenters. The second-order valence-corrected chi connectivity index (χ2v) is 9.30. The van der Waals surface area contributed by atoms with Gasteiger partial charge in [-0.2, -0.15) is 0 Å². The molecule has 23 heavy (non-hydrogen) atoms. The molecule has 0 aromatic rings. The van der Waals surface area contributed by atoms with Crippen molar-refractivity contribution in [3.8, 4) is 0 Å². The van der Waals surface area contributed by atoms with Gasteiger partial charge in [0, 0.05) is 38.6 Å².